The van der Waals surface area contributed by atoms with Gasteiger partial charge in [-0.2, -0.15) is 0 Å². The molecule has 0 saturated heterocycles. The van der Waals surface area contributed by atoms with Gasteiger partial charge < -0.3 is 5.73 Å². The van der Waals surface area contributed by atoms with E-state index in [0.717, 1.165) is 21.8 Å². The third-order valence-electron chi connectivity index (χ3n) is 2.99. The van der Waals surface area contributed by atoms with Gasteiger partial charge in [0.25, 0.3) is 0 Å². The molecule has 98 valence electrons. The lowest BCUT2D eigenvalue weighted by Gasteiger charge is -2.09. The third kappa shape index (κ3) is 2.93. The van der Waals surface area contributed by atoms with E-state index in [2.05, 4.69) is 9.97 Å². The van der Waals surface area contributed by atoms with Crippen LogP contribution in [0, 0.1) is 26.2 Å². The van der Waals surface area contributed by atoms with E-state index in [4.69, 9.17) is 11.1 Å². The Morgan fingerprint density at radius 3 is 2.26 bits per heavy atom. The minimum absolute atomic E-state index is 0.0589. The van der Waals surface area contributed by atoms with Crippen molar-refractivity contribution in [2.24, 2.45) is 5.73 Å². The Morgan fingerprint density at radius 2 is 1.68 bits per heavy atom. The van der Waals surface area contributed by atoms with Crippen molar-refractivity contribution in [3.63, 3.8) is 0 Å². The molecular formula is C14H16N4S. The Labute approximate surface area is 117 Å². The number of benzene rings is 1. The highest BCUT2D eigenvalue weighted by atomic mass is 32.2. The average molecular weight is 272 g/mol. The van der Waals surface area contributed by atoms with Crippen LogP contribution >= 0.6 is 11.8 Å². The number of nitrogens with two attached hydrogens (primary N) is 1. The van der Waals surface area contributed by atoms with E-state index < -0.39 is 0 Å². The first kappa shape index (κ1) is 13.5. The minimum Gasteiger partial charge on any atom is -0.384 e. The molecule has 0 bridgehead atoms. The summed E-state index contributed by atoms with van der Waals surface area (Å²) in [6.07, 6.45) is 0. The van der Waals surface area contributed by atoms with Crippen molar-refractivity contribution in [1.29, 1.82) is 5.41 Å². The Kier molecular flexibility index (Phi) is 3.85. The van der Waals surface area contributed by atoms with Crippen molar-refractivity contribution in [2.75, 3.05) is 0 Å². The number of nitrogens with zero attached hydrogens (tertiary/aromatic N) is 2. The molecule has 0 radical (unpaired) electrons. The Morgan fingerprint density at radius 1 is 1.11 bits per heavy atom. The van der Waals surface area contributed by atoms with Gasteiger partial charge in [-0.3, -0.25) is 5.41 Å². The summed E-state index contributed by atoms with van der Waals surface area (Å²) in [5.41, 5.74) is 9.37. The Balaban J connectivity index is 2.39. The van der Waals surface area contributed by atoms with Gasteiger partial charge in [-0.1, -0.05) is 18.2 Å². The molecule has 0 amide bonds. The van der Waals surface area contributed by atoms with E-state index in [9.17, 15) is 0 Å². The monoisotopic (exact) mass is 272 g/mol. The molecule has 5 heteroatoms. The van der Waals surface area contributed by atoms with Gasteiger partial charge in [0.1, 0.15) is 5.84 Å². The van der Waals surface area contributed by atoms with Gasteiger partial charge in [-0.05, 0) is 44.2 Å². The summed E-state index contributed by atoms with van der Waals surface area (Å²) in [5.74, 6) is 0.0589. The topological polar surface area (TPSA) is 75.7 Å². The lowest BCUT2D eigenvalue weighted by molar-refractivity contribution is 0.881. The van der Waals surface area contributed by atoms with Crippen LogP contribution in [0.15, 0.2) is 34.3 Å². The normalized spacial score (nSPS) is 10.5. The van der Waals surface area contributed by atoms with Gasteiger partial charge in [0, 0.05) is 21.8 Å². The van der Waals surface area contributed by atoms with Crippen LogP contribution in [0.2, 0.25) is 0 Å². The fourth-order valence-electron chi connectivity index (χ4n) is 1.66. The summed E-state index contributed by atoms with van der Waals surface area (Å²) in [5, 5.41) is 8.27. The number of aromatic nitrogens is 2. The highest BCUT2D eigenvalue weighted by Gasteiger charge is 2.10. The molecule has 0 unspecified atom stereocenters. The van der Waals surface area contributed by atoms with Crippen LogP contribution in [0.3, 0.4) is 0 Å². The van der Waals surface area contributed by atoms with E-state index in [1.807, 2.05) is 45.0 Å². The molecule has 1 aromatic carbocycles. The van der Waals surface area contributed by atoms with Gasteiger partial charge in [-0.15, -0.1) is 0 Å². The quantitative estimate of drug-likeness (QED) is 0.512. The maximum Gasteiger partial charge on any atom is 0.192 e. The van der Waals surface area contributed by atoms with Crippen LogP contribution in [0.25, 0.3) is 0 Å². The first-order chi connectivity index (χ1) is 8.99. The summed E-state index contributed by atoms with van der Waals surface area (Å²) < 4.78 is 0. The predicted molar refractivity (Wildman–Crippen MR) is 77.8 cm³/mol. The molecule has 0 aliphatic heterocycles. The Hall–Kier alpha value is -1.88. The zero-order valence-electron chi connectivity index (χ0n) is 11.2. The fourth-order valence-corrected chi connectivity index (χ4v) is 2.66. The molecule has 19 heavy (non-hydrogen) atoms. The summed E-state index contributed by atoms with van der Waals surface area (Å²) in [6.45, 7) is 5.97. The summed E-state index contributed by atoms with van der Waals surface area (Å²) >= 11 is 1.44. The number of hydrogen-bond donors (Lipinski definition) is 2. The zero-order valence-corrected chi connectivity index (χ0v) is 12.0. The second-order valence-corrected chi connectivity index (χ2v) is 5.32. The number of hydrogen-bond acceptors (Lipinski definition) is 4. The van der Waals surface area contributed by atoms with E-state index in [1.165, 1.54) is 11.8 Å². The first-order valence-corrected chi connectivity index (χ1v) is 6.74. The predicted octanol–water partition coefficient (Wildman–Crippen LogP) is 2.84. The molecule has 0 saturated carbocycles. The highest BCUT2D eigenvalue weighted by Crippen LogP contribution is 2.28. The number of nitrogens with one attached hydrogen (secondary N) is 1. The molecule has 1 heterocycles. The molecule has 3 N–H and O–H groups in total. The molecule has 0 fully saturated rings. The largest absolute Gasteiger partial charge is 0.384 e. The van der Waals surface area contributed by atoms with Crippen LogP contribution in [-0.4, -0.2) is 15.8 Å². The molecule has 4 nitrogen and oxygen atoms in total. The van der Waals surface area contributed by atoms with Gasteiger partial charge in [0.15, 0.2) is 5.16 Å². The molecule has 0 aliphatic carbocycles. The van der Waals surface area contributed by atoms with Crippen molar-refractivity contribution < 1.29 is 0 Å². The lowest BCUT2D eigenvalue weighted by atomic mass is 10.2. The first-order valence-electron chi connectivity index (χ1n) is 5.92. The van der Waals surface area contributed by atoms with E-state index >= 15 is 0 Å². The van der Waals surface area contributed by atoms with Crippen LogP contribution in [0.1, 0.15) is 22.5 Å². The van der Waals surface area contributed by atoms with E-state index in [-0.39, 0.29) is 5.84 Å². The van der Waals surface area contributed by atoms with Gasteiger partial charge >= 0.3 is 0 Å². The van der Waals surface area contributed by atoms with Crippen LogP contribution in [0.4, 0.5) is 0 Å². The van der Waals surface area contributed by atoms with Crippen LogP contribution < -0.4 is 5.73 Å². The maximum atomic E-state index is 7.58. The number of amidine groups is 1. The molecule has 0 aliphatic rings. The molecule has 0 atom stereocenters. The van der Waals surface area contributed by atoms with Crippen molar-refractivity contribution in [2.45, 2.75) is 30.8 Å². The van der Waals surface area contributed by atoms with Crippen LogP contribution in [0.5, 0.6) is 0 Å². The SMILES string of the molecule is Cc1nc(Sc2ccccc2C(=N)N)nc(C)c1C. The summed E-state index contributed by atoms with van der Waals surface area (Å²) in [4.78, 5) is 9.84. The molecule has 0 spiro atoms. The molecule has 2 rings (SSSR count). The molecular weight excluding hydrogens is 256 g/mol. The second kappa shape index (κ2) is 5.40. The zero-order chi connectivity index (χ0) is 14.0. The summed E-state index contributed by atoms with van der Waals surface area (Å²) in [7, 11) is 0. The fraction of sp³-hybridized carbons (Fsp3) is 0.214. The lowest BCUT2D eigenvalue weighted by Crippen LogP contribution is -2.12. The smallest absolute Gasteiger partial charge is 0.192 e. The molecule has 2 aromatic rings. The number of nitrogen functional groups attached to an aromatic ring is 1. The van der Waals surface area contributed by atoms with Crippen molar-refractivity contribution in [3.8, 4) is 0 Å². The number of rotatable bonds is 3. The van der Waals surface area contributed by atoms with Crippen molar-refractivity contribution in [3.05, 3.63) is 46.8 Å². The Bertz CT molecular complexity index is 614. The van der Waals surface area contributed by atoms with Crippen molar-refractivity contribution >= 4 is 17.6 Å². The van der Waals surface area contributed by atoms with Gasteiger partial charge in [0.05, 0.1) is 0 Å². The van der Waals surface area contributed by atoms with Gasteiger partial charge in [-0.25, -0.2) is 9.97 Å². The number of aryl methyl sites for hydroxylation is 2. The van der Waals surface area contributed by atoms with Crippen molar-refractivity contribution in [1.82, 2.24) is 9.97 Å². The van der Waals surface area contributed by atoms with Gasteiger partial charge in [0.2, 0.25) is 0 Å². The maximum absolute atomic E-state index is 7.58. The second-order valence-electron chi connectivity index (χ2n) is 4.31. The minimum atomic E-state index is 0.0589. The van der Waals surface area contributed by atoms with E-state index in [1.54, 1.807) is 0 Å². The summed E-state index contributed by atoms with van der Waals surface area (Å²) in [6, 6.07) is 7.55. The standard InChI is InChI=1S/C14H16N4S/c1-8-9(2)17-14(18-10(8)3)19-12-7-5-4-6-11(12)13(15)16/h4-7H,1-3H3,(H3,15,16). The average Bonchev–Trinajstić information content (AvgIpc) is 2.36. The third-order valence-corrected chi connectivity index (χ3v) is 3.93. The van der Waals surface area contributed by atoms with Crippen LogP contribution in [-0.2, 0) is 0 Å². The highest BCUT2D eigenvalue weighted by molar-refractivity contribution is 7.99. The molecule has 1 aromatic heterocycles. The van der Waals surface area contributed by atoms with E-state index in [0.29, 0.717) is 10.7 Å².